The molecule has 0 bridgehead atoms. The molecule has 4 rings (SSSR count). The monoisotopic (exact) mass is 373 g/mol. The predicted octanol–water partition coefficient (Wildman–Crippen LogP) is 3.23. The maximum absolute atomic E-state index is 12.8. The normalized spacial score (nSPS) is 11.4. The molecular weight excluding hydrogens is 350 g/mol. The Hall–Kier alpha value is -3.25. The Morgan fingerprint density at radius 2 is 1.71 bits per heavy atom. The molecule has 0 saturated heterocycles. The van der Waals surface area contributed by atoms with Gasteiger partial charge in [0.1, 0.15) is 0 Å². The summed E-state index contributed by atoms with van der Waals surface area (Å²) >= 11 is 0. The minimum Gasteiger partial charge on any atom is -0.283 e. The van der Waals surface area contributed by atoms with Crippen molar-refractivity contribution in [3.8, 4) is 5.69 Å². The van der Waals surface area contributed by atoms with Gasteiger partial charge in [0, 0.05) is 18.1 Å². The minimum atomic E-state index is -0.180. The molecule has 2 aromatic carbocycles. The highest BCUT2D eigenvalue weighted by Crippen LogP contribution is 2.12. The van der Waals surface area contributed by atoms with E-state index in [0.29, 0.717) is 12.2 Å². The number of aromatic nitrogens is 4. The molecule has 142 valence electrons. The number of hydrogen-bond donors (Lipinski definition) is 0. The van der Waals surface area contributed by atoms with Crippen LogP contribution in [0.1, 0.15) is 18.1 Å². The highest BCUT2D eigenvalue weighted by molar-refractivity contribution is 5.76. The fourth-order valence-corrected chi connectivity index (χ4v) is 3.24. The average molecular weight is 373 g/mol. The third-order valence-electron chi connectivity index (χ3n) is 4.80. The summed E-state index contributed by atoms with van der Waals surface area (Å²) in [7, 11) is 1.98. The van der Waals surface area contributed by atoms with Gasteiger partial charge >= 0.3 is 0 Å². The van der Waals surface area contributed by atoms with Crippen LogP contribution in [0.2, 0.25) is 0 Å². The quantitative estimate of drug-likeness (QED) is 0.521. The van der Waals surface area contributed by atoms with Crippen LogP contribution in [-0.4, -0.2) is 31.5 Å². The predicted molar refractivity (Wildman–Crippen MR) is 110 cm³/mol. The van der Waals surface area contributed by atoms with Crippen molar-refractivity contribution in [3.05, 3.63) is 88.5 Å². The molecule has 0 radical (unpaired) electrons. The van der Waals surface area contributed by atoms with E-state index in [9.17, 15) is 4.79 Å². The second kappa shape index (κ2) is 7.78. The maximum atomic E-state index is 12.8. The fraction of sp³-hybridized carbons (Fsp3) is 0.227. The van der Waals surface area contributed by atoms with Crippen molar-refractivity contribution in [3.63, 3.8) is 0 Å². The second-order valence-electron chi connectivity index (χ2n) is 6.99. The molecule has 0 aliphatic heterocycles. The Morgan fingerprint density at radius 3 is 2.43 bits per heavy atom. The third-order valence-corrected chi connectivity index (χ3v) is 4.80. The van der Waals surface area contributed by atoms with Crippen molar-refractivity contribution in [2.24, 2.45) is 0 Å². The number of para-hydroxylation sites is 1. The average Bonchev–Trinajstić information content (AvgIpc) is 3.17. The van der Waals surface area contributed by atoms with Gasteiger partial charge in [-0.15, -0.1) is 0 Å². The molecule has 0 N–H and O–H groups in total. The zero-order valence-corrected chi connectivity index (χ0v) is 16.1. The summed E-state index contributed by atoms with van der Waals surface area (Å²) in [5, 5.41) is 9.55. The van der Waals surface area contributed by atoms with Crippen LogP contribution in [0.25, 0.3) is 16.6 Å². The van der Waals surface area contributed by atoms with Crippen molar-refractivity contribution in [1.82, 2.24) is 24.5 Å². The number of benzene rings is 2. The summed E-state index contributed by atoms with van der Waals surface area (Å²) in [6.07, 6.45) is 4.57. The van der Waals surface area contributed by atoms with E-state index < -0.39 is 0 Å². The van der Waals surface area contributed by atoms with Crippen LogP contribution in [0.3, 0.4) is 0 Å². The Morgan fingerprint density at radius 1 is 1.00 bits per heavy atom. The molecule has 0 unspecified atom stereocenters. The van der Waals surface area contributed by atoms with Gasteiger partial charge < -0.3 is 0 Å². The van der Waals surface area contributed by atoms with Crippen LogP contribution in [0.15, 0.2) is 71.8 Å². The lowest BCUT2D eigenvalue weighted by molar-refractivity contribution is 0.241. The van der Waals surface area contributed by atoms with Gasteiger partial charge in [-0.25, -0.2) is 9.36 Å². The van der Waals surface area contributed by atoms with Gasteiger partial charge in [0.25, 0.3) is 5.56 Å². The number of fused-ring (bicyclic) bond motifs is 1. The van der Waals surface area contributed by atoms with Crippen LogP contribution in [0.4, 0.5) is 0 Å². The van der Waals surface area contributed by atoms with Gasteiger partial charge in [0.15, 0.2) is 5.52 Å². The summed E-state index contributed by atoms with van der Waals surface area (Å²) in [5.74, 6) is 0. The Bertz CT molecular complexity index is 1130. The first-order valence-electron chi connectivity index (χ1n) is 9.41. The molecule has 4 aromatic rings. The molecule has 0 aliphatic carbocycles. The van der Waals surface area contributed by atoms with E-state index in [0.717, 1.165) is 24.0 Å². The summed E-state index contributed by atoms with van der Waals surface area (Å²) in [6.45, 7) is 3.30. The third kappa shape index (κ3) is 3.73. The number of hydrogen-bond acceptors (Lipinski definition) is 4. The van der Waals surface area contributed by atoms with Gasteiger partial charge in [-0.05, 0) is 36.7 Å². The van der Waals surface area contributed by atoms with E-state index in [-0.39, 0.29) is 5.56 Å². The van der Waals surface area contributed by atoms with Crippen LogP contribution in [0.5, 0.6) is 0 Å². The molecular formula is C22H23N5O. The summed E-state index contributed by atoms with van der Waals surface area (Å²) < 4.78 is 3.18. The standard InChI is InChI=1S/C22H23N5O/c1-3-17-9-11-18(12-10-17)14-25(2)16-27-22(28)21-19(13-23-27)15-26(24-21)20-7-5-4-6-8-20/h4-13,15H,3,14,16H2,1-2H3. The highest BCUT2D eigenvalue weighted by Gasteiger charge is 2.11. The molecule has 0 fully saturated rings. The molecule has 0 atom stereocenters. The van der Waals surface area contributed by atoms with E-state index in [1.165, 1.54) is 15.8 Å². The van der Waals surface area contributed by atoms with Crippen LogP contribution >= 0.6 is 0 Å². The van der Waals surface area contributed by atoms with Crippen molar-refractivity contribution in [1.29, 1.82) is 0 Å². The second-order valence-corrected chi connectivity index (χ2v) is 6.99. The lowest BCUT2D eigenvalue weighted by Gasteiger charge is -2.17. The Balaban J connectivity index is 1.55. The van der Waals surface area contributed by atoms with Crippen LogP contribution < -0.4 is 5.56 Å². The number of nitrogens with zero attached hydrogens (tertiary/aromatic N) is 5. The smallest absolute Gasteiger partial charge is 0.283 e. The molecule has 0 aliphatic rings. The van der Waals surface area contributed by atoms with E-state index >= 15 is 0 Å². The first-order chi connectivity index (χ1) is 13.6. The first kappa shape index (κ1) is 18.1. The lowest BCUT2D eigenvalue weighted by atomic mass is 10.1. The Kier molecular flexibility index (Phi) is 5.04. The summed E-state index contributed by atoms with van der Waals surface area (Å²) in [6, 6.07) is 18.3. The van der Waals surface area contributed by atoms with Gasteiger partial charge in [-0.1, -0.05) is 49.4 Å². The highest BCUT2D eigenvalue weighted by atomic mass is 16.1. The SMILES string of the molecule is CCc1ccc(CN(C)Cn2ncc3cn(-c4ccccc4)nc3c2=O)cc1. The van der Waals surface area contributed by atoms with Gasteiger partial charge in [0.2, 0.25) is 0 Å². The van der Waals surface area contributed by atoms with Gasteiger partial charge in [-0.2, -0.15) is 10.2 Å². The zero-order valence-electron chi connectivity index (χ0n) is 16.1. The summed E-state index contributed by atoms with van der Waals surface area (Å²) in [4.78, 5) is 14.9. The number of rotatable bonds is 6. The molecule has 6 nitrogen and oxygen atoms in total. The van der Waals surface area contributed by atoms with Crippen molar-refractivity contribution < 1.29 is 0 Å². The van der Waals surface area contributed by atoms with Crippen molar-refractivity contribution >= 4 is 10.9 Å². The van der Waals surface area contributed by atoms with Gasteiger partial charge in [0.05, 0.1) is 18.6 Å². The maximum Gasteiger partial charge on any atom is 0.296 e. The van der Waals surface area contributed by atoms with E-state index in [4.69, 9.17) is 0 Å². The minimum absolute atomic E-state index is 0.180. The molecule has 6 heteroatoms. The molecule has 2 aromatic heterocycles. The van der Waals surface area contributed by atoms with E-state index in [2.05, 4.69) is 46.3 Å². The molecule has 28 heavy (non-hydrogen) atoms. The lowest BCUT2D eigenvalue weighted by Crippen LogP contribution is -2.31. The molecule has 0 amide bonds. The fourth-order valence-electron chi connectivity index (χ4n) is 3.24. The van der Waals surface area contributed by atoms with Crippen molar-refractivity contribution in [2.75, 3.05) is 7.05 Å². The zero-order chi connectivity index (χ0) is 19.5. The van der Waals surface area contributed by atoms with Crippen LogP contribution in [0, 0.1) is 0 Å². The van der Waals surface area contributed by atoms with E-state index in [1.54, 1.807) is 10.9 Å². The van der Waals surface area contributed by atoms with Gasteiger partial charge in [-0.3, -0.25) is 9.69 Å². The largest absolute Gasteiger partial charge is 0.296 e. The topological polar surface area (TPSA) is 56.0 Å². The van der Waals surface area contributed by atoms with Crippen molar-refractivity contribution in [2.45, 2.75) is 26.6 Å². The summed E-state index contributed by atoms with van der Waals surface area (Å²) in [5.41, 5.74) is 3.70. The van der Waals surface area contributed by atoms with E-state index in [1.807, 2.05) is 43.6 Å². The Labute approximate surface area is 163 Å². The first-order valence-corrected chi connectivity index (χ1v) is 9.41. The number of aryl methyl sites for hydroxylation is 1. The molecule has 2 heterocycles. The van der Waals surface area contributed by atoms with Crippen LogP contribution in [-0.2, 0) is 19.6 Å². The molecule has 0 spiro atoms. The molecule has 0 saturated carbocycles.